The van der Waals surface area contributed by atoms with E-state index in [-0.39, 0.29) is 0 Å². The number of aliphatic hydroxyl groups excluding tert-OH is 2. The normalized spacial score (nSPS) is 34.6. The highest BCUT2D eigenvalue weighted by Crippen LogP contribution is 2.37. The van der Waals surface area contributed by atoms with Crippen LogP contribution in [-0.2, 0) is 6.54 Å². The second-order valence-electron chi connectivity index (χ2n) is 6.56. The summed E-state index contributed by atoms with van der Waals surface area (Å²) in [7, 11) is 0. The molecular formula is C14H23N3O2S. The molecular weight excluding hydrogens is 274 g/mol. The Morgan fingerprint density at radius 2 is 1.80 bits per heavy atom. The second kappa shape index (κ2) is 5.67. The minimum atomic E-state index is -0.535. The van der Waals surface area contributed by atoms with Crippen LogP contribution >= 0.6 is 11.5 Å². The average molecular weight is 297 g/mol. The molecule has 0 radical (unpaired) electrons. The molecule has 1 saturated carbocycles. The molecule has 3 rings (SSSR count). The molecule has 4 atom stereocenters. The third-order valence-corrected chi connectivity index (χ3v) is 5.41. The third-order valence-electron chi connectivity index (χ3n) is 4.68. The van der Waals surface area contributed by atoms with E-state index in [4.69, 9.17) is 0 Å². The first-order valence-corrected chi connectivity index (χ1v) is 8.21. The fourth-order valence-corrected chi connectivity index (χ4v) is 4.44. The van der Waals surface area contributed by atoms with E-state index in [1.807, 2.05) is 0 Å². The Morgan fingerprint density at radius 3 is 2.35 bits per heavy atom. The summed E-state index contributed by atoms with van der Waals surface area (Å²) in [4.78, 5) is 3.70. The molecule has 1 aliphatic carbocycles. The largest absolute Gasteiger partial charge is 0.390 e. The molecule has 0 bridgehead atoms. The molecule has 0 amide bonds. The highest BCUT2D eigenvalue weighted by atomic mass is 32.1. The summed E-state index contributed by atoms with van der Waals surface area (Å²) in [5.74, 6) is 1.46. The van der Waals surface area contributed by atoms with Crippen LogP contribution in [0.1, 0.15) is 43.2 Å². The van der Waals surface area contributed by atoms with Gasteiger partial charge in [0.25, 0.3) is 0 Å². The molecule has 2 fully saturated rings. The molecule has 0 aromatic carbocycles. The van der Waals surface area contributed by atoms with Gasteiger partial charge in [-0.25, -0.2) is 0 Å². The van der Waals surface area contributed by atoms with Crippen LogP contribution in [0.3, 0.4) is 0 Å². The fourth-order valence-electron chi connectivity index (χ4n) is 3.60. The first-order valence-electron chi connectivity index (χ1n) is 7.44. The van der Waals surface area contributed by atoms with Crippen molar-refractivity contribution in [3.63, 3.8) is 0 Å². The summed E-state index contributed by atoms with van der Waals surface area (Å²) in [6.07, 6.45) is 0.403. The van der Waals surface area contributed by atoms with Crippen molar-refractivity contribution in [2.75, 3.05) is 13.1 Å². The number of nitrogens with zero attached hydrogens (tertiary/aromatic N) is 3. The lowest BCUT2D eigenvalue weighted by Crippen LogP contribution is -2.38. The minimum Gasteiger partial charge on any atom is -0.390 e. The van der Waals surface area contributed by atoms with Crippen molar-refractivity contribution in [1.82, 2.24) is 14.5 Å². The van der Waals surface area contributed by atoms with E-state index in [1.54, 1.807) is 0 Å². The molecule has 112 valence electrons. The zero-order valence-electron chi connectivity index (χ0n) is 12.1. The van der Waals surface area contributed by atoms with Crippen LogP contribution in [0.4, 0.5) is 0 Å². The maximum atomic E-state index is 9.80. The Balaban J connectivity index is 1.64. The number of fused-ring (bicyclic) bond motifs is 1. The molecule has 1 saturated heterocycles. The molecule has 6 heteroatoms. The molecule has 2 aliphatic rings. The highest BCUT2D eigenvalue weighted by Gasteiger charge is 2.41. The fraction of sp³-hybridized carbons (Fsp3) is 0.857. The summed E-state index contributed by atoms with van der Waals surface area (Å²) >= 11 is 1.50. The lowest BCUT2D eigenvalue weighted by molar-refractivity contribution is -0.0372. The predicted molar refractivity (Wildman–Crippen MR) is 77.5 cm³/mol. The van der Waals surface area contributed by atoms with Crippen LogP contribution in [0.25, 0.3) is 0 Å². The van der Waals surface area contributed by atoms with Gasteiger partial charge in [0.05, 0.1) is 22.8 Å². The van der Waals surface area contributed by atoms with E-state index >= 15 is 0 Å². The average Bonchev–Trinajstić information content (AvgIpc) is 2.97. The van der Waals surface area contributed by atoms with Crippen LogP contribution in [0.2, 0.25) is 0 Å². The minimum absolute atomic E-state index is 0.414. The Bertz CT molecular complexity index is 447. The Morgan fingerprint density at radius 1 is 1.20 bits per heavy atom. The van der Waals surface area contributed by atoms with Gasteiger partial charge in [-0.05, 0) is 42.1 Å². The highest BCUT2D eigenvalue weighted by molar-refractivity contribution is 7.05. The van der Waals surface area contributed by atoms with Gasteiger partial charge in [0.15, 0.2) is 0 Å². The maximum Gasteiger partial charge on any atom is 0.0826 e. The van der Waals surface area contributed by atoms with Gasteiger partial charge in [0.1, 0.15) is 0 Å². The first-order chi connectivity index (χ1) is 9.54. The van der Waals surface area contributed by atoms with Crippen molar-refractivity contribution in [3.05, 3.63) is 10.6 Å². The summed E-state index contributed by atoms with van der Waals surface area (Å²) in [5.41, 5.74) is 1.12. The van der Waals surface area contributed by atoms with Gasteiger partial charge in [0, 0.05) is 19.6 Å². The van der Waals surface area contributed by atoms with Crippen molar-refractivity contribution >= 4 is 11.5 Å². The van der Waals surface area contributed by atoms with Gasteiger partial charge in [-0.2, -0.15) is 0 Å². The number of rotatable bonds is 3. The Hall–Kier alpha value is -0.560. The lowest BCUT2D eigenvalue weighted by atomic mass is 9.79. The van der Waals surface area contributed by atoms with Crippen LogP contribution in [0, 0.1) is 11.8 Å². The van der Waals surface area contributed by atoms with E-state index in [0.29, 0.717) is 17.8 Å². The van der Waals surface area contributed by atoms with Crippen LogP contribution in [0.15, 0.2) is 0 Å². The number of hydrogen-bond acceptors (Lipinski definition) is 6. The van der Waals surface area contributed by atoms with Crippen molar-refractivity contribution in [3.8, 4) is 0 Å². The topological polar surface area (TPSA) is 69.5 Å². The smallest absolute Gasteiger partial charge is 0.0826 e. The van der Waals surface area contributed by atoms with Crippen molar-refractivity contribution in [1.29, 1.82) is 0 Å². The molecule has 0 unspecified atom stereocenters. The van der Waals surface area contributed by atoms with Crippen LogP contribution < -0.4 is 0 Å². The Kier molecular flexibility index (Phi) is 4.08. The van der Waals surface area contributed by atoms with Crippen LogP contribution in [-0.4, -0.2) is 50.0 Å². The quantitative estimate of drug-likeness (QED) is 0.878. The van der Waals surface area contributed by atoms with E-state index in [2.05, 4.69) is 28.3 Å². The molecule has 5 nitrogen and oxygen atoms in total. The molecule has 2 heterocycles. The number of likely N-dealkylation sites (tertiary alicyclic amines) is 1. The van der Waals surface area contributed by atoms with Gasteiger partial charge in [0.2, 0.25) is 0 Å². The standard InChI is InChI=1S/C14H23N3O2S/c1-8(2)14-13(20-16-15-14)7-17-5-9-3-11(18)12(19)4-10(9)6-17/h8-12,18-19H,3-7H2,1-2H3/t9-,10+,11-,12-/m0/s1. The molecule has 20 heavy (non-hydrogen) atoms. The SMILES string of the molecule is CC(C)c1nnsc1CN1C[C@H]2C[C@H](O)[C@@H](O)C[C@H]2C1. The number of aromatic nitrogens is 2. The molecule has 1 aromatic rings. The predicted octanol–water partition coefficient (Wildman–Crippen LogP) is 1.23. The van der Waals surface area contributed by atoms with E-state index in [1.165, 1.54) is 16.4 Å². The summed E-state index contributed by atoms with van der Waals surface area (Å²) in [6, 6.07) is 0. The second-order valence-corrected chi connectivity index (χ2v) is 7.40. The van der Waals surface area contributed by atoms with E-state index in [9.17, 15) is 10.2 Å². The van der Waals surface area contributed by atoms with Crippen molar-refractivity contribution < 1.29 is 10.2 Å². The van der Waals surface area contributed by atoms with Gasteiger partial charge >= 0.3 is 0 Å². The zero-order chi connectivity index (χ0) is 14.3. The summed E-state index contributed by atoms with van der Waals surface area (Å²) in [5, 5.41) is 23.8. The van der Waals surface area contributed by atoms with E-state index < -0.39 is 12.2 Å². The zero-order valence-corrected chi connectivity index (χ0v) is 12.9. The van der Waals surface area contributed by atoms with Gasteiger partial charge in [-0.3, -0.25) is 4.90 Å². The molecule has 2 N–H and O–H groups in total. The van der Waals surface area contributed by atoms with Crippen LogP contribution in [0.5, 0.6) is 0 Å². The van der Waals surface area contributed by atoms with Gasteiger partial charge in [-0.1, -0.05) is 18.3 Å². The lowest BCUT2D eigenvalue weighted by Gasteiger charge is -2.32. The molecule has 0 spiro atoms. The van der Waals surface area contributed by atoms with Gasteiger partial charge in [-0.15, -0.1) is 5.10 Å². The monoisotopic (exact) mass is 297 g/mol. The summed E-state index contributed by atoms with van der Waals surface area (Å²) in [6.45, 7) is 7.24. The van der Waals surface area contributed by atoms with Gasteiger partial charge < -0.3 is 10.2 Å². The third kappa shape index (κ3) is 2.74. The molecule has 1 aliphatic heterocycles. The molecule has 1 aromatic heterocycles. The number of hydrogen-bond donors (Lipinski definition) is 2. The maximum absolute atomic E-state index is 9.80. The Labute approximate surface area is 123 Å². The number of aliphatic hydroxyl groups is 2. The summed E-state index contributed by atoms with van der Waals surface area (Å²) < 4.78 is 4.09. The first kappa shape index (κ1) is 14.4. The van der Waals surface area contributed by atoms with Crippen molar-refractivity contribution in [2.45, 2.75) is 51.4 Å². The van der Waals surface area contributed by atoms with Crippen molar-refractivity contribution in [2.24, 2.45) is 11.8 Å². The van der Waals surface area contributed by atoms with E-state index in [0.717, 1.165) is 38.2 Å².